The highest BCUT2D eigenvalue weighted by Crippen LogP contribution is 2.37. The maximum absolute atomic E-state index is 14.2. The van der Waals surface area contributed by atoms with Gasteiger partial charge in [-0.15, -0.1) is 0 Å². The number of rotatable bonds is 3. The summed E-state index contributed by atoms with van der Waals surface area (Å²) in [7, 11) is 0. The number of hydrogen-bond donors (Lipinski definition) is 2. The van der Waals surface area contributed by atoms with Crippen molar-refractivity contribution >= 4 is 0 Å². The fourth-order valence-electron chi connectivity index (χ4n) is 3.20. The minimum Gasteiger partial charge on any atom is -0.387 e. The fourth-order valence-corrected chi connectivity index (χ4v) is 3.20. The minimum atomic E-state index is -1.08. The summed E-state index contributed by atoms with van der Waals surface area (Å²) in [5, 5.41) is 14.5. The van der Waals surface area contributed by atoms with E-state index < -0.39 is 16.8 Å². The summed E-state index contributed by atoms with van der Waals surface area (Å²) in [5.41, 5.74) is -1.55. The molecule has 0 bridgehead atoms. The van der Waals surface area contributed by atoms with E-state index in [0.29, 0.717) is 19.5 Å². The third-order valence-corrected chi connectivity index (χ3v) is 5.01. The van der Waals surface area contributed by atoms with Crippen molar-refractivity contribution in [2.45, 2.75) is 32.4 Å². The lowest BCUT2D eigenvalue weighted by atomic mass is 9.70. The largest absolute Gasteiger partial charge is 0.387 e. The quantitative estimate of drug-likeness (QED) is 0.900. The summed E-state index contributed by atoms with van der Waals surface area (Å²) in [4.78, 5) is 16.6. The van der Waals surface area contributed by atoms with E-state index in [-0.39, 0.29) is 23.5 Å². The first-order valence-corrected chi connectivity index (χ1v) is 8.08. The van der Waals surface area contributed by atoms with Gasteiger partial charge in [0.15, 0.2) is 0 Å². The lowest BCUT2D eigenvalue weighted by Crippen LogP contribution is -2.58. The Balaban J connectivity index is 2.09. The second-order valence-corrected chi connectivity index (χ2v) is 7.01. The highest BCUT2D eigenvalue weighted by Gasteiger charge is 2.46. The van der Waals surface area contributed by atoms with E-state index in [1.54, 1.807) is 18.2 Å². The van der Waals surface area contributed by atoms with Gasteiger partial charge in [0.2, 0.25) is 0 Å². The van der Waals surface area contributed by atoms with Crippen molar-refractivity contribution < 1.29 is 9.50 Å². The van der Waals surface area contributed by atoms with Gasteiger partial charge in [-0.25, -0.2) is 9.37 Å². The Morgan fingerprint density at radius 2 is 2.08 bits per heavy atom. The molecule has 1 fully saturated rings. The first kappa shape index (κ1) is 16.8. The summed E-state index contributed by atoms with van der Waals surface area (Å²) in [6, 6.07) is 7.55. The highest BCUT2D eigenvalue weighted by atomic mass is 19.1. The van der Waals surface area contributed by atoms with Gasteiger partial charge in [0.05, 0.1) is 17.7 Å². The summed E-state index contributed by atoms with van der Waals surface area (Å²) in [5.74, 6) is -0.204. The van der Waals surface area contributed by atoms with E-state index in [1.165, 1.54) is 22.9 Å². The van der Waals surface area contributed by atoms with Crippen molar-refractivity contribution in [3.63, 3.8) is 0 Å². The van der Waals surface area contributed by atoms with Crippen molar-refractivity contribution in [3.05, 3.63) is 52.7 Å². The average Bonchev–Trinajstić information content (AvgIpc) is 2.53. The zero-order valence-corrected chi connectivity index (χ0v) is 13.9. The summed E-state index contributed by atoms with van der Waals surface area (Å²) in [6.45, 7) is 5.32. The molecule has 1 atom stereocenters. The molecule has 2 heterocycles. The van der Waals surface area contributed by atoms with Crippen LogP contribution in [0.15, 0.2) is 41.3 Å². The molecule has 6 heteroatoms. The van der Waals surface area contributed by atoms with E-state index in [1.807, 2.05) is 13.8 Å². The van der Waals surface area contributed by atoms with Gasteiger partial charge in [-0.1, -0.05) is 26.0 Å². The molecule has 1 saturated heterocycles. The molecule has 24 heavy (non-hydrogen) atoms. The molecule has 0 radical (unpaired) electrons. The predicted octanol–water partition coefficient (Wildman–Crippen LogP) is 1.80. The van der Waals surface area contributed by atoms with Crippen molar-refractivity contribution in [1.82, 2.24) is 14.9 Å². The van der Waals surface area contributed by atoms with E-state index in [2.05, 4.69) is 10.3 Å². The van der Waals surface area contributed by atoms with Gasteiger partial charge in [0.1, 0.15) is 11.6 Å². The monoisotopic (exact) mass is 331 g/mol. The third kappa shape index (κ3) is 2.87. The highest BCUT2D eigenvalue weighted by molar-refractivity contribution is 5.56. The first-order valence-electron chi connectivity index (χ1n) is 8.08. The van der Waals surface area contributed by atoms with Crippen LogP contribution in [0.3, 0.4) is 0 Å². The van der Waals surface area contributed by atoms with Gasteiger partial charge in [0.25, 0.3) is 5.56 Å². The fraction of sp³-hybridized carbons (Fsp3) is 0.444. The zero-order valence-electron chi connectivity index (χ0n) is 13.9. The Morgan fingerprint density at radius 3 is 2.79 bits per heavy atom. The van der Waals surface area contributed by atoms with Crippen LogP contribution in [-0.4, -0.2) is 33.3 Å². The number of nitrogens with zero attached hydrogens (tertiary/aromatic N) is 2. The lowest BCUT2D eigenvalue weighted by Gasteiger charge is -2.47. The van der Waals surface area contributed by atoms with Crippen molar-refractivity contribution in [2.24, 2.45) is 5.41 Å². The minimum absolute atomic E-state index is 0.0814. The van der Waals surface area contributed by atoms with Gasteiger partial charge in [-0.3, -0.25) is 9.36 Å². The van der Waals surface area contributed by atoms with Crippen LogP contribution in [-0.2, 0) is 6.54 Å². The van der Waals surface area contributed by atoms with E-state index >= 15 is 0 Å². The molecule has 1 aromatic carbocycles. The maximum atomic E-state index is 14.2. The van der Waals surface area contributed by atoms with Crippen LogP contribution >= 0.6 is 0 Å². The number of benzene rings is 1. The number of aliphatic hydroxyl groups is 1. The molecule has 128 valence electrons. The van der Waals surface area contributed by atoms with Gasteiger partial charge in [-0.2, -0.15) is 0 Å². The summed E-state index contributed by atoms with van der Waals surface area (Å²) >= 11 is 0. The smallest absolute Gasteiger partial charge is 0.253 e. The average molecular weight is 331 g/mol. The molecule has 1 unspecified atom stereocenters. The van der Waals surface area contributed by atoms with Crippen LogP contribution in [0.2, 0.25) is 0 Å². The Hall–Kier alpha value is -2.05. The molecule has 1 aromatic heterocycles. The molecular formula is C18H22FN3O2. The second-order valence-electron chi connectivity index (χ2n) is 7.01. The van der Waals surface area contributed by atoms with Crippen LogP contribution in [0.5, 0.6) is 0 Å². The van der Waals surface area contributed by atoms with Crippen LogP contribution in [0.4, 0.5) is 4.39 Å². The molecule has 0 aliphatic carbocycles. The van der Waals surface area contributed by atoms with Crippen LogP contribution in [0, 0.1) is 11.2 Å². The Kier molecular flexibility index (Phi) is 4.27. The van der Waals surface area contributed by atoms with Crippen molar-refractivity contribution in [2.75, 3.05) is 13.1 Å². The molecule has 3 rings (SSSR count). The van der Waals surface area contributed by atoms with Crippen LogP contribution < -0.4 is 10.9 Å². The van der Waals surface area contributed by atoms with Gasteiger partial charge < -0.3 is 10.4 Å². The van der Waals surface area contributed by atoms with Gasteiger partial charge >= 0.3 is 0 Å². The van der Waals surface area contributed by atoms with Crippen LogP contribution in [0.25, 0.3) is 11.4 Å². The van der Waals surface area contributed by atoms with Crippen LogP contribution in [0.1, 0.15) is 20.3 Å². The maximum Gasteiger partial charge on any atom is 0.253 e. The third-order valence-electron chi connectivity index (χ3n) is 5.01. The molecule has 1 aliphatic heterocycles. The molecule has 2 aromatic rings. The Bertz CT molecular complexity index is 803. The van der Waals surface area contributed by atoms with Crippen molar-refractivity contribution in [1.29, 1.82) is 0 Å². The predicted molar refractivity (Wildman–Crippen MR) is 90.1 cm³/mol. The first-order chi connectivity index (χ1) is 11.3. The summed E-state index contributed by atoms with van der Waals surface area (Å²) < 4.78 is 15.6. The van der Waals surface area contributed by atoms with E-state index in [4.69, 9.17) is 0 Å². The number of hydrogen-bond acceptors (Lipinski definition) is 4. The molecule has 0 amide bonds. The summed E-state index contributed by atoms with van der Waals surface area (Å²) in [6.07, 6.45) is 1.89. The SMILES string of the molecule is CC1(C)CNCCC1(O)Cn1c(-c2ccccc2F)nccc1=O. The molecule has 0 saturated carbocycles. The normalized spacial score (nSPS) is 23.2. The zero-order chi connectivity index (χ0) is 17.4. The molecular weight excluding hydrogens is 309 g/mol. The lowest BCUT2D eigenvalue weighted by molar-refractivity contribution is -0.0996. The molecule has 5 nitrogen and oxygen atoms in total. The van der Waals surface area contributed by atoms with Gasteiger partial charge in [0, 0.05) is 24.2 Å². The molecule has 2 N–H and O–H groups in total. The number of aromatic nitrogens is 2. The number of nitrogens with one attached hydrogen (secondary N) is 1. The number of halogens is 1. The number of piperidine rings is 1. The topological polar surface area (TPSA) is 67.2 Å². The van der Waals surface area contributed by atoms with E-state index in [0.717, 1.165) is 0 Å². The second kappa shape index (κ2) is 6.11. The van der Waals surface area contributed by atoms with E-state index in [9.17, 15) is 14.3 Å². The Morgan fingerprint density at radius 1 is 1.33 bits per heavy atom. The molecule has 0 spiro atoms. The molecule has 1 aliphatic rings. The standard InChI is InChI=1S/C18H22FN3O2/c1-17(2)11-20-10-8-18(17,24)12-22-15(23)7-9-21-16(22)13-5-3-4-6-14(13)19/h3-7,9,20,24H,8,10-12H2,1-2H3. The van der Waals surface area contributed by atoms with Crippen molar-refractivity contribution in [3.8, 4) is 11.4 Å². The van der Waals surface area contributed by atoms with Gasteiger partial charge in [-0.05, 0) is 25.1 Å². The Labute approximate surface area is 140 Å².